The second kappa shape index (κ2) is 11.3. The molecule has 3 aromatic carbocycles. The lowest BCUT2D eigenvalue weighted by Gasteiger charge is -2.11. The number of methoxy groups -OCH3 is 2. The Morgan fingerprint density at radius 1 is 0.806 bits per heavy atom. The van der Waals surface area contributed by atoms with Crippen LogP contribution in [0.1, 0.15) is 10.4 Å². The van der Waals surface area contributed by atoms with Crippen LogP contribution in [0.3, 0.4) is 0 Å². The van der Waals surface area contributed by atoms with E-state index in [4.69, 9.17) is 19.6 Å². The van der Waals surface area contributed by atoms with Gasteiger partial charge in [-0.1, -0.05) is 11.8 Å². The van der Waals surface area contributed by atoms with Crippen LogP contribution in [0.5, 0.6) is 11.5 Å². The van der Waals surface area contributed by atoms with Gasteiger partial charge in [0.25, 0.3) is 0 Å². The number of thioether (sulfide) groups is 1. The summed E-state index contributed by atoms with van der Waals surface area (Å²) in [6, 6.07) is 20.8. The first kappa shape index (κ1) is 24.7. The van der Waals surface area contributed by atoms with Gasteiger partial charge in [0.05, 0.1) is 25.5 Å². The van der Waals surface area contributed by atoms with E-state index in [9.17, 15) is 9.59 Å². The highest BCUT2D eigenvalue weighted by atomic mass is 32.2. The number of rotatable bonds is 9. The molecule has 0 radical (unpaired) electrons. The van der Waals surface area contributed by atoms with Crippen LogP contribution in [0.25, 0.3) is 22.5 Å². The third kappa shape index (κ3) is 5.97. The van der Waals surface area contributed by atoms with Crippen molar-refractivity contribution in [3.05, 3.63) is 78.4 Å². The second-order valence-electron chi connectivity index (χ2n) is 7.47. The number of nitrogens with zero attached hydrogens (tertiary/aromatic N) is 3. The first-order chi connectivity index (χ1) is 17.5. The summed E-state index contributed by atoms with van der Waals surface area (Å²) in [4.78, 5) is 28.1. The maximum absolute atomic E-state index is 12.4. The minimum Gasteiger partial charge on any atom is -0.497 e. The van der Waals surface area contributed by atoms with Crippen LogP contribution in [0, 0.1) is 0 Å². The molecular weight excluding hydrogens is 480 g/mol. The fourth-order valence-corrected chi connectivity index (χ4v) is 3.88. The number of carbonyl (C=O) groups is 2. The Kier molecular flexibility index (Phi) is 7.76. The van der Waals surface area contributed by atoms with E-state index in [1.54, 1.807) is 14.2 Å². The summed E-state index contributed by atoms with van der Waals surface area (Å²) in [6.45, 7) is 0. The maximum Gasteiger partial charge on any atom is 0.335 e. The highest BCUT2D eigenvalue weighted by Crippen LogP contribution is 2.31. The van der Waals surface area contributed by atoms with Crippen LogP contribution in [-0.4, -0.2) is 52.1 Å². The predicted octanol–water partition coefficient (Wildman–Crippen LogP) is 4.65. The van der Waals surface area contributed by atoms with Gasteiger partial charge in [0.15, 0.2) is 0 Å². The number of anilines is 1. The van der Waals surface area contributed by atoms with Crippen molar-refractivity contribution in [3.8, 4) is 34.0 Å². The van der Waals surface area contributed by atoms with Gasteiger partial charge in [-0.25, -0.2) is 9.78 Å². The van der Waals surface area contributed by atoms with Crippen LogP contribution in [0.2, 0.25) is 0 Å². The van der Waals surface area contributed by atoms with E-state index in [0.29, 0.717) is 22.2 Å². The quantitative estimate of drug-likeness (QED) is 0.315. The normalized spacial score (nSPS) is 10.5. The number of nitrogens with one attached hydrogen (secondary N) is 1. The van der Waals surface area contributed by atoms with Crippen molar-refractivity contribution in [3.63, 3.8) is 0 Å². The summed E-state index contributed by atoms with van der Waals surface area (Å²) in [5.74, 6) is 0.179. The summed E-state index contributed by atoms with van der Waals surface area (Å²) in [6.07, 6.45) is 0. The Labute approximate surface area is 211 Å². The molecule has 4 rings (SSSR count). The van der Waals surface area contributed by atoms with Crippen molar-refractivity contribution < 1.29 is 24.2 Å². The third-order valence-corrected chi connectivity index (χ3v) is 5.98. The second-order valence-corrected chi connectivity index (χ2v) is 8.41. The van der Waals surface area contributed by atoms with E-state index in [1.807, 2.05) is 48.5 Å². The van der Waals surface area contributed by atoms with Crippen molar-refractivity contribution in [2.24, 2.45) is 0 Å². The molecule has 0 unspecified atom stereocenters. The summed E-state index contributed by atoms with van der Waals surface area (Å²) < 4.78 is 10.5. The Balaban J connectivity index is 1.54. The summed E-state index contributed by atoms with van der Waals surface area (Å²) in [7, 11) is 3.21. The molecule has 0 aliphatic heterocycles. The number of hydrogen-bond donors (Lipinski definition) is 2. The van der Waals surface area contributed by atoms with Crippen LogP contribution in [-0.2, 0) is 4.79 Å². The fraction of sp³-hybridized carbons (Fsp3) is 0.115. The smallest absolute Gasteiger partial charge is 0.335 e. The molecule has 0 aliphatic carbocycles. The zero-order chi connectivity index (χ0) is 25.5. The molecule has 1 heterocycles. The van der Waals surface area contributed by atoms with Crippen molar-refractivity contribution in [2.45, 2.75) is 5.16 Å². The van der Waals surface area contributed by atoms with Crippen molar-refractivity contribution in [1.29, 1.82) is 0 Å². The lowest BCUT2D eigenvalue weighted by molar-refractivity contribution is -0.113. The SMILES string of the molecule is COc1ccc(-c2nnc(SCC(=O)Nc3ccc(C(=O)O)cc3)nc2-c2ccc(OC)cc2)cc1. The average molecular weight is 503 g/mol. The van der Waals surface area contributed by atoms with E-state index in [0.717, 1.165) is 34.4 Å². The van der Waals surface area contributed by atoms with Gasteiger partial charge >= 0.3 is 5.97 Å². The summed E-state index contributed by atoms with van der Waals surface area (Å²) >= 11 is 1.15. The molecule has 0 spiro atoms. The van der Waals surface area contributed by atoms with Crippen LogP contribution in [0.4, 0.5) is 5.69 Å². The molecule has 0 saturated carbocycles. The molecule has 0 bridgehead atoms. The number of aromatic carboxylic acids is 1. The van der Waals surface area contributed by atoms with Crippen LogP contribution < -0.4 is 14.8 Å². The molecule has 182 valence electrons. The number of hydrogen-bond acceptors (Lipinski definition) is 8. The van der Waals surface area contributed by atoms with Gasteiger partial charge in [-0.2, -0.15) is 0 Å². The highest BCUT2D eigenvalue weighted by Gasteiger charge is 2.15. The number of ether oxygens (including phenoxy) is 2. The molecule has 2 N–H and O–H groups in total. The van der Waals surface area contributed by atoms with Gasteiger partial charge in [-0.3, -0.25) is 4.79 Å². The molecule has 4 aromatic rings. The summed E-state index contributed by atoms with van der Waals surface area (Å²) in [5, 5.41) is 20.7. The van der Waals surface area contributed by atoms with E-state index in [-0.39, 0.29) is 17.2 Å². The molecule has 10 heteroatoms. The minimum atomic E-state index is -1.03. The standard InChI is InChI=1S/C26H22N4O5S/c1-34-20-11-5-16(6-12-20)23-24(17-7-13-21(35-2)14-8-17)29-30-26(28-23)36-15-22(31)27-19-9-3-18(4-10-19)25(32)33/h3-14H,15H2,1-2H3,(H,27,31)(H,32,33). The lowest BCUT2D eigenvalue weighted by atomic mass is 10.0. The van der Waals surface area contributed by atoms with E-state index >= 15 is 0 Å². The number of amides is 1. The first-order valence-corrected chi connectivity index (χ1v) is 11.7. The van der Waals surface area contributed by atoms with Gasteiger partial charge in [0.2, 0.25) is 11.1 Å². The Hall–Kier alpha value is -4.44. The van der Waals surface area contributed by atoms with E-state index in [1.165, 1.54) is 24.3 Å². The number of carboxylic acids is 1. The van der Waals surface area contributed by atoms with Gasteiger partial charge < -0.3 is 19.9 Å². The number of carboxylic acid groups (broad SMARTS) is 1. The Morgan fingerprint density at radius 3 is 1.89 bits per heavy atom. The number of carbonyl (C=O) groups excluding carboxylic acids is 1. The zero-order valence-corrected chi connectivity index (χ0v) is 20.3. The van der Waals surface area contributed by atoms with Gasteiger partial charge in [-0.15, -0.1) is 10.2 Å². The van der Waals surface area contributed by atoms with E-state index < -0.39 is 5.97 Å². The predicted molar refractivity (Wildman–Crippen MR) is 137 cm³/mol. The first-order valence-electron chi connectivity index (χ1n) is 10.8. The van der Waals surface area contributed by atoms with Gasteiger partial charge in [0.1, 0.15) is 22.9 Å². The summed E-state index contributed by atoms with van der Waals surface area (Å²) in [5.41, 5.74) is 3.49. The largest absolute Gasteiger partial charge is 0.497 e. The molecule has 1 aromatic heterocycles. The van der Waals surface area contributed by atoms with Gasteiger partial charge in [0, 0.05) is 16.8 Å². The monoisotopic (exact) mass is 502 g/mol. The average Bonchev–Trinajstić information content (AvgIpc) is 2.92. The minimum absolute atomic E-state index is 0.0479. The molecule has 0 atom stereocenters. The molecule has 9 nitrogen and oxygen atoms in total. The zero-order valence-electron chi connectivity index (χ0n) is 19.5. The van der Waals surface area contributed by atoms with Crippen LogP contribution >= 0.6 is 11.8 Å². The Bertz CT molecular complexity index is 1360. The van der Waals surface area contributed by atoms with E-state index in [2.05, 4.69) is 15.5 Å². The molecule has 1 amide bonds. The molecule has 0 fully saturated rings. The topological polar surface area (TPSA) is 124 Å². The molecular formula is C26H22N4O5S. The number of benzene rings is 3. The van der Waals surface area contributed by atoms with Crippen LogP contribution in [0.15, 0.2) is 78.0 Å². The van der Waals surface area contributed by atoms with Crippen molar-refractivity contribution in [2.75, 3.05) is 25.3 Å². The molecule has 0 saturated heterocycles. The molecule has 0 aliphatic rings. The third-order valence-electron chi connectivity index (χ3n) is 5.14. The molecule has 36 heavy (non-hydrogen) atoms. The van der Waals surface area contributed by atoms with Crippen molar-refractivity contribution >= 4 is 29.3 Å². The van der Waals surface area contributed by atoms with Gasteiger partial charge in [-0.05, 0) is 72.8 Å². The maximum atomic E-state index is 12.4. The Morgan fingerprint density at radius 2 is 1.36 bits per heavy atom. The number of aromatic nitrogens is 3. The fourth-order valence-electron chi connectivity index (χ4n) is 3.29. The highest BCUT2D eigenvalue weighted by molar-refractivity contribution is 7.99. The van der Waals surface area contributed by atoms with Crippen molar-refractivity contribution in [1.82, 2.24) is 15.2 Å². The lowest BCUT2D eigenvalue weighted by Crippen LogP contribution is -2.14.